The van der Waals surface area contributed by atoms with E-state index in [2.05, 4.69) is 33.8 Å². The number of hydrogen-bond donors (Lipinski definition) is 2. The van der Waals surface area contributed by atoms with Gasteiger partial charge in [-0.25, -0.2) is 0 Å². The van der Waals surface area contributed by atoms with E-state index in [-0.39, 0.29) is 5.91 Å². The van der Waals surface area contributed by atoms with Crippen molar-refractivity contribution >= 4 is 23.1 Å². The molecule has 1 amide bonds. The van der Waals surface area contributed by atoms with Crippen LogP contribution in [0.5, 0.6) is 0 Å². The van der Waals surface area contributed by atoms with E-state index in [9.17, 15) is 4.79 Å². The number of aromatic nitrogens is 2. The van der Waals surface area contributed by atoms with Gasteiger partial charge in [0.05, 0.1) is 6.54 Å². The van der Waals surface area contributed by atoms with E-state index in [1.54, 1.807) is 23.5 Å². The lowest BCUT2D eigenvalue weighted by Gasteiger charge is -2.05. The Balaban J connectivity index is 1.94. The molecule has 0 radical (unpaired) electrons. The van der Waals surface area contributed by atoms with Crippen molar-refractivity contribution in [3.63, 3.8) is 0 Å². The number of nitrogens with zero attached hydrogens (tertiary/aromatic N) is 2. The normalized spacial score (nSPS) is 10.3. The van der Waals surface area contributed by atoms with Gasteiger partial charge < -0.3 is 10.6 Å². The summed E-state index contributed by atoms with van der Waals surface area (Å²) in [5, 5.41) is 15.8. The largest absolute Gasteiger partial charge is 0.369 e. The van der Waals surface area contributed by atoms with Gasteiger partial charge in [0.1, 0.15) is 5.82 Å². The van der Waals surface area contributed by atoms with Crippen LogP contribution in [0.25, 0.3) is 0 Å². The van der Waals surface area contributed by atoms with Gasteiger partial charge in [-0.05, 0) is 42.5 Å². The van der Waals surface area contributed by atoms with Crippen LogP contribution in [0.3, 0.4) is 0 Å². The number of thiophene rings is 1. The van der Waals surface area contributed by atoms with Crippen LogP contribution in [0.4, 0.5) is 5.82 Å². The SMILES string of the molecule is CCNc1ccc(C(=O)NCc2sccc2CC)nn1. The minimum absolute atomic E-state index is 0.198. The van der Waals surface area contributed by atoms with Crippen LogP contribution < -0.4 is 10.6 Å². The van der Waals surface area contributed by atoms with Crippen molar-refractivity contribution < 1.29 is 4.79 Å². The molecular formula is C14H18N4OS. The number of aryl methyl sites for hydroxylation is 1. The summed E-state index contributed by atoms with van der Waals surface area (Å²) in [6.45, 7) is 5.40. The lowest BCUT2D eigenvalue weighted by Crippen LogP contribution is -2.24. The summed E-state index contributed by atoms with van der Waals surface area (Å²) < 4.78 is 0. The molecule has 0 saturated carbocycles. The van der Waals surface area contributed by atoms with E-state index in [4.69, 9.17) is 0 Å². The maximum atomic E-state index is 12.0. The fourth-order valence-corrected chi connectivity index (χ4v) is 2.73. The minimum atomic E-state index is -0.198. The molecule has 0 unspecified atom stereocenters. The van der Waals surface area contributed by atoms with Crippen LogP contribution >= 0.6 is 11.3 Å². The van der Waals surface area contributed by atoms with Crippen LogP contribution in [0, 0.1) is 0 Å². The number of hydrogen-bond acceptors (Lipinski definition) is 5. The Bertz CT molecular complexity index is 565. The van der Waals surface area contributed by atoms with Gasteiger partial charge in [0, 0.05) is 11.4 Å². The molecule has 0 atom stereocenters. The first kappa shape index (κ1) is 14.5. The zero-order valence-corrected chi connectivity index (χ0v) is 12.5. The van der Waals surface area contributed by atoms with Crippen LogP contribution in [0.15, 0.2) is 23.6 Å². The van der Waals surface area contributed by atoms with E-state index >= 15 is 0 Å². The molecule has 5 nitrogen and oxygen atoms in total. The summed E-state index contributed by atoms with van der Waals surface area (Å²) in [5.41, 5.74) is 1.62. The van der Waals surface area contributed by atoms with Crippen molar-refractivity contribution in [2.45, 2.75) is 26.8 Å². The predicted molar refractivity (Wildman–Crippen MR) is 81.1 cm³/mol. The average molecular weight is 290 g/mol. The van der Waals surface area contributed by atoms with Crippen molar-refractivity contribution in [3.05, 3.63) is 39.7 Å². The molecule has 0 fully saturated rings. The molecule has 0 aromatic carbocycles. The molecule has 2 aromatic heterocycles. The third-order valence-corrected chi connectivity index (χ3v) is 3.85. The maximum absolute atomic E-state index is 12.0. The number of carbonyl (C=O) groups excluding carboxylic acids is 1. The molecule has 2 N–H and O–H groups in total. The second-order valence-corrected chi connectivity index (χ2v) is 5.24. The fraction of sp³-hybridized carbons (Fsp3) is 0.357. The Morgan fingerprint density at radius 1 is 1.25 bits per heavy atom. The lowest BCUT2D eigenvalue weighted by molar-refractivity contribution is 0.0945. The monoisotopic (exact) mass is 290 g/mol. The predicted octanol–water partition coefficient (Wildman–Crippen LogP) is 2.46. The molecule has 106 valence electrons. The standard InChI is InChI=1S/C14H18N4OS/c1-3-10-7-8-20-12(10)9-16-14(19)11-5-6-13(15-4-2)18-17-11/h5-8H,3-4,9H2,1-2H3,(H,15,18)(H,16,19). The average Bonchev–Trinajstić information content (AvgIpc) is 2.93. The van der Waals surface area contributed by atoms with E-state index in [0.29, 0.717) is 18.1 Å². The highest BCUT2D eigenvalue weighted by molar-refractivity contribution is 7.10. The molecule has 0 aliphatic heterocycles. The maximum Gasteiger partial charge on any atom is 0.272 e. The van der Waals surface area contributed by atoms with Gasteiger partial charge in [-0.1, -0.05) is 6.92 Å². The van der Waals surface area contributed by atoms with Crippen molar-refractivity contribution in [2.75, 3.05) is 11.9 Å². The molecule has 2 rings (SSSR count). The summed E-state index contributed by atoms with van der Waals surface area (Å²) in [6, 6.07) is 5.53. The molecular weight excluding hydrogens is 272 g/mol. The number of rotatable bonds is 6. The van der Waals surface area contributed by atoms with Crippen molar-refractivity contribution in [3.8, 4) is 0 Å². The van der Waals surface area contributed by atoms with Crippen LogP contribution in [0.2, 0.25) is 0 Å². The third kappa shape index (κ3) is 3.54. The summed E-state index contributed by atoms with van der Waals surface area (Å²) in [7, 11) is 0. The van der Waals surface area contributed by atoms with Crippen LogP contribution in [0.1, 0.15) is 34.8 Å². The fourth-order valence-electron chi connectivity index (χ4n) is 1.82. The van der Waals surface area contributed by atoms with Crippen molar-refractivity contribution in [1.82, 2.24) is 15.5 Å². The molecule has 2 aromatic rings. The molecule has 0 bridgehead atoms. The summed E-state index contributed by atoms with van der Waals surface area (Å²) in [6.07, 6.45) is 0.978. The van der Waals surface area contributed by atoms with Crippen molar-refractivity contribution in [2.24, 2.45) is 0 Å². The smallest absolute Gasteiger partial charge is 0.272 e. The quantitative estimate of drug-likeness (QED) is 0.857. The van der Waals surface area contributed by atoms with Gasteiger partial charge in [0.25, 0.3) is 5.91 Å². The Kier molecular flexibility index (Phi) is 5.06. The number of nitrogens with one attached hydrogen (secondary N) is 2. The number of anilines is 1. The third-order valence-electron chi connectivity index (χ3n) is 2.88. The van der Waals surface area contributed by atoms with E-state index in [1.807, 2.05) is 12.3 Å². The first-order valence-corrected chi connectivity index (χ1v) is 7.53. The Morgan fingerprint density at radius 3 is 2.75 bits per heavy atom. The molecule has 20 heavy (non-hydrogen) atoms. The van der Waals surface area contributed by atoms with Gasteiger partial charge in [0.15, 0.2) is 5.69 Å². The second kappa shape index (κ2) is 7.00. The highest BCUT2D eigenvalue weighted by Crippen LogP contribution is 2.17. The van der Waals surface area contributed by atoms with Crippen molar-refractivity contribution in [1.29, 1.82) is 0 Å². The Hall–Kier alpha value is -1.95. The van der Waals surface area contributed by atoms with Gasteiger partial charge in [-0.15, -0.1) is 21.5 Å². The zero-order chi connectivity index (χ0) is 14.4. The van der Waals surface area contributed by atoms with Crippen LogP contribution in [-0.4, -0.2) is 22.6 Å². The summed E-state index contributed by atoms with van der Waals surface area (Å²) in [5.74, 6) is 0.478. The number of amides is 1. The summed E-state index contributed by atoms with van der Waals surface area (Å²) in [4.78, 5) is 13.2. The molecule has 0 spiro atoms. The topological polar surface area (TPSA) is 66.9 Å². The molecule has 0 saturated heterocycles. The molecule has 0 aliphatic carbocycles. The molecule has 0 aliphatic rings. The van der Waals surface area contributed by atoms with Gasteiger partial charge >= 0.3 is 0 Å². The van der Waals surface area contributed by atoms with E-state index in [0.717, 1.165) is 13.0 Å². The zero-order valence-electron chi connectivity index (χ0n) is 11.6. The lowest BCUT2D eigenvalue weighted by atomic mass is 10.2. The Labute approximate surface area is 122 Å². The second-order valence-electron chi connectivity index (χ2n) is 4.24. The van der Waals surface area contributed by atoms with Gasteiger partial charge in [-0.3, -0.25) is 4.79 Å². The molecule has 2 heterocycles. The van der Waals surface area contributed by atoms with Crippen LogP contribution in [-0.2, 0) is 13.0 Å². The summed E-state index contributed by atoms with van der Waals surface area (Å²) >= 11 is 1.66. The first-order valence-electron chi connectivity index (χ1n) is 6.65. The Morgan fingerprint density at radius 2 is 2.10 bits per heavy atom. The number of carbonyl (C=O) groups is 1. The van der Waals surface area contributed by atoms with E-state index < -0.39 is 0 Å². The highest BCUT2D eigenvalue weighted by Gasteiger charge is 2.09. The first-order chi connectivity index (χ1) is 9.74. The highest BCUT2D eigenvalue weighted by atomic mass is 32.1. The van der Waals surface area contributed by atoms with Gasteiger partial charge in [-0.2, -0.15) is 0 Å². The van der Waals surface area contributed by atoms with Gasteiger partial charge in [0.2, 0.25) is 0 Å². The van der Waals surface area contributed by atoms with E-state index in [1.165, 1.54) is 10.4 Å². The molecule has 6 heteroatoms. The minimum Gasteiger partial charge on any atom is -0.369 e.